The predicted octanol–water partition coefficient (Wildman–Crippen LogP) is 2.97. The molecule has 2 saturated carbocycles. The molecule has 0 heterocycles. The van der Waals surface area contributed by atoms with Crippen molar-refractivity contribution in [3.8, 4) is 11.5 Å². The van der Waals surface area contributed by atoms with Crippen LogP contribution in [0.25, 0.3) is 6.08 Å². The van der Waals surface area contributed by atoms with Gasteiger partial charge in [-0.05, 0) is 120 Å². The van der Waals surface area contributed by atoms with Crippen LogP contribution in [0, 0.1) is 17.6 Å². The molecule has 2 aromatic carbocycles. The summed E-state index contributed by atoms with van der Waals surface area (Å²) in [6.07, 6.45) is -0.395. The number of carbonyl (C=O) groups excluding carboxylic acids is 4. The van der Waals surface area contributed by atoms with Gasteiger partial charge in [-0.1, -0.05) is 6.08 Å². The first-order valence-corrected chi connectivity index (χ1v) is 41.4. The van der Waals surface area contributed by atoms with E-state index in [-0.39, 0.29) is 118 Å². The largest absolute Gasteiger partial charge is 0.451 e. The molecule has 2 aliphatic rings. The number of aliphatic imine (C=N–C) groups is 2. The van der Waals surface area contributed by atoms with Crippen molar-refractivity contribution < 1.29 is 134 Å². The van der Waals surface area contributed by atoms with E-state index in [0.29, 0.717) is 197 Å². The van der Waals surface area contributed by atoms with Crippen molar-refractivity contribution in [3.05, 3.63) is 70.8 Å². The Labute approximate surface area is 672 Å². The molecule has 0 saturated heterocycles. The van der Waals surface area contributed by atoms with Gasteiger partial charge in [0.05, 0.1) is 201 Å². The number of sulfonamides is 2. The number of nitrogens with two attached hydrogens (primary N) is 4. The van der Waals surface area contributed by atoms with Gasteiger partial charge < -0.3 is 114 Å². The zero-order chi connectivity index (χ0) is 84.2. The van der Waals surface area contributed by atoms with Crippen molar-refractivity contribution in [2.45, 2.75) is 114 Å². The number of ether oxygens (including phenoxy) is 17. The average molecular weight is 1690 g/mol. The van der Waals surface area contributed by atoms with Crippen LogP contribution >= 0.6 is 0 Å². The van der Waals surface area contributed by atoms with Crippen molar-refractivity contribution in [1.29, 1.82) is 0 Å². The molecular formula is C74H122F4N10O25S2. The minimum absolute atomic E-state index is 0.0135. The van der Waals surface area contributed by atoms with Gasteiger partial charge >= 0.3 is 0 Å². The molecule has 2 atom stereocenters. The molecule has 0 aromatic heterocycles. The Morgan fingerprint density at radius 2 is 0.817 bits per heavy atom. The molecule has 2 aromatic rings. The second-order valence-electron chi connectivity index (χ2n) is 25.4. The number of hydrogen-bond acceptors (Lipinski definition) is 25. The third-order valence-electron chi connectivity index (χ3n) is 16.2. The molecule has 4 rings (SSSR count). The molecule has 4 amide bonds. The first kappa shape index (κ1) is 103. The van der Waals surface area contributed by atoms with Gasteiger partial charge in [-0.25, -0.2) is 43.8 Å². The molecule has 658 valence electrons. The summed E-state index contributed by atoms with van der Waals surface area (Å²) in [6.45, 7) is 19.4. The highest BCUT2D eigenvalue weighted by molar-refractivity contribution is 7.90. The molecule has 2 aliphatic carbocycles. The van der Waals surface area contributed by atoms with E-state index in [9.17, 15) is 53.6 Å². The Morgan fingerprint density at radius 3 is 1.20 bits per heavy atom. The Morgan fingerprint density at radius 1 is 0.470 bits per heavy atom. The van der Waals surface area contributed by atoms with Gasteiger partial charge in [-0.15, -0.1) is 0 Å². The topological polar surface area (TPSA) is 470 Å². The Kier molecular flexibility index (Phi) is 56.7. The van der Waals surface area contributed by atoms with Crippen LogP contribution < -0.4 is 47.7 Å². The number of benzene rings is 2. The number of carbonyl (C=O) groups is 4. The molecular weight excluding hydrogens is 1570 g/mol. The average Bonchev–Trinajstić information content (AvgIpc) is 0.849. The number of allylic oxidation sites excluding steroid dienone is 1. The Hall–Kier alpha value is -6.56. The van der Waals surface area contributed by atoms with Gasteiger partial charge in [-0.2, -0.15) is 9.98 Å². The number of rotatable bonds is 65. The van der Waals surface area contributed by atoms with E-state index in [0.717, 1.165) is 12.1 Å². The fourth-order valence-electron chi connectivity index (χ4n) is 10.5. The number of hydrogen-bond donors (Lipinski definition) is 8. The third kappa shape index (κ3) is 50.1. The smallest absolute Gasteiger partial charge is 0.275 e. The van der Waals surface area contributed by atoms with E-state index in [2.05, 4.69) is 30.1 Å². The monoisotopic (exact) mass is 1690 g/mol. The summed E-state index contributed by atoms with van der Waals surface area (Å²) in [6, 6.07) is 6.82. The van der Waals surface area contributed by atoms with Crippen molar-refractivity contribution >= 4 is 61.7 Å². The Balaban J connectivity index is 0.000000596. The van der Waals surface area contributed by atoms with E-state index in [1.165, 1.54) is 50.3 Å². The lowest BCUT2D eigenvalue weighted by molar-refractivity contribution is -0.123. The summed E-state index contributed by atoms with van der Waals surface area (Å²) in [5.41, 5.74) is 21.1. The summed E-state index contributed by atoms with van der Waals surface area (Å²) in [4.78, 5) is 54.3. The first-order chi connectivity index (χ1) is 55.3. The first-order valence-electron chi connectivity index (χ1n) is 38.4. The predicted molar refractivity (Wildman–Crippen MR) is 416 cm³/mol. The lowest BCUT2D eigenvalue weighted by atomic mass is 9.83. The second kappa shape index (κ2) is 63.5. The van der Waals surface area contributed by atoms with Gasteiger partial charge in [0.1, 0.15) is 24.2 Å². The highest BCUT2D eigenvalue weighted by Crippen LogP contribution is 2.36. The molecule has 2 unspecified atom stereocenters. The van der Waals surface area contributed by atoms with Crippen LogP contribution in [0.5, 0.6) is 11.5 Å². The fraction of sp³-hybridized carbons (Fsp3) is 0.703. The maximum Gasteiger partial charge on any atom is 0.275 e. The third-order valence-corrected chi connectivity index (χ3v) is 19.7. The van der Waals surface area contributed by atoms with Crippen molar-refractivity contribution in [2.24, 2.45) is 38.8 Å². The van der Waals surface area contributed by atoms with Crippen LogP contribution in [0.15, 0.2) is 68.5 Å². The van der Waals surface area contributed by atoms with E-state index in [1.807, 2.05) is 13.8 Å². The second-order valence-corrected chi connectivity index (χ2v) is 29.2. The quantitative estimate of drug-likeness (QED) is 0.0155. The maximum absolute atomic E-state index is 15.0. The van der Waals surface area contributed by atoms with Crippen LogP contribution in [-0.2, 0) is 115 Å². The SMILES string of the molecule is CCOCCOCCOCCOCCC(=O)NCCOCCOCCOCCNS(=O)(=O)C1CCC(OC2C(F)CC(/C=C(\C)C(=O)N=C(N)N)CC2F)CC1.CCOCCOCCOCCOCCOCCC(=O)NCCOCCOCCOCCNS(=O)(=O)c1ccc(Oc2c(F)cc(/C=C(\C)C(=O)N=C(N)N)cc2F)cc1. The number of nitrogens with one attached hydrogen (secondary N) is 4. The summed E-state index contributed by atoms with van der Waals surface area (Å²) in [5.74, 6) is -5.93. The van der Waals surface area contributed by atoms with E-state index in [4.69, 9.17) is 103 Å². The van der Waals surface area contributed by atoms with Crippen LogP contribution in [-0.4, -0.2) is 307 Å². The number of amides is 4. The maximum atomic E-state index is 15.0. The van der Waals surface area contributed by atoms with Gasteiger partial charge in [0, 0.05) is 63.4 Å². The highest BCUT2D eigenvalue weighted by atomic mass is 32.2. The normalized spacial score (nSPS) is 17.3. The van der Waals surface area contributed by atoms with Gasteiger partial charge in [0.15, 0.2) is 29.3 Å². The zero-order valence-corrected chi connectivity index (χ0v) is 68.2. The van der Waals surface area contributed by atoms with Crippen LogP contribution in [0.2, 0.25) is 0 Å². The number of alkyl halides is 2. The molecule has 0 spiro atoms. The van der Waals surface area contributed by atoms with Crippen molar-refractivity contribution in [1.82, 2.24) is 20.1 Å². The summed E-state index contributed by atoms with van der Waals surface area (Å²) < 4.78 is 207. The minimum atomic E-state index is -3.92. The molecule has 41 heteroatoms. The van der Waals surface area contributed by atoms with Crippen molar-refractivity contribution in [2.75, 3.05) is 224 Å². The number of guanidine groups is 2. The lowest BCUT2D eigenvalue weighted by Gasteiger charge is -2.37. The molecule has 0 aliphatic heterocycles. The van der Waals surface area contributed by atoms with Crippen LogP contribution in [0.4, 0.5) is 17.6 Å². The van der Waals surface area contributed by atoms with Gasteiger partial charge in [-0.3, -0.25) is 19.2 Å². The van der Waals surface area contributed by atoms with Gasteiger partial charge in [0.25, 0.3) is 11.8 Å². The molecule has 2 fully saturated rings. The summed E-state index contributed by atoms with van der Waals surface area (Å²) >= 11 is 0. The highest BCUT2D eigenvalue weighted by Gasteiger charge is 2.42. The zero-order valence-electron chi connectivity index (χ0n) is 66.5. The Bertz CT molecular complexity index is 3330. The van der Waals surface area contributed by atoms with E-state index >= 15 is 0 Å². The number of nitrogens with zero attached hydrogens (tertiary/aromatic N) is 2. The summed E-state index contributed by atoms with van der Waals surface area (Å²) in [7, 11) is -7.53. The van der Waals surface area contributed by atoms with E-state index in [1.54, 1.807) is 0 Å². The van der Waals surface area contributed by atoms with Crippen LogP contribution in [0.3, 0.4) is 0 Å². The summed E-state index contributed by atoms with van der Waals surface area (Å²) in [5, 5.41) is 4.87. The minimum Gasteiger partial charge on any atom is -0.451 e. The number of halogens is 4. The molecule has 12 N–H and O–H groups in total. The van der Waals surface area contributed by atoms with E-state index < -0.39 is 96.9 Å². The van der Waals surface area contributed by atoms with Gasteiger partial charge in [0.2, 0.25) is 31.9 Å². The van der Waals surface area contributed by atoms with Crippen molar-refractivity contribution in [3.63, 3.8) is 0 Å². The lowest BCUT2D eigenvalue weighted by Crippen LogP contribution is -2.45. The molecule has 0 bridgehead atoms. The molecule has 35 nitrogen and oxygen atoms in total. The standard InChI is InChI=1S/C38H57F2N5O13S.C36H65F2N5O12S/c1-3-50-14-15-54-22-23-57-25-24-55-19-16-51-11-8-35(46)43-9-12-52-17-20-56-21-18-53-13-10-44-59(48,49)32-6-4-31(5-7-32)58-36-33(39)27-30(28-34(36)40)26-29(2)37(47)45-38(41)42;1-3-48-14-15-52-22-23-53-19-16-49-11-8-33(44)41-9-12-50-17-20-54-21-18-51-13-10-42-56(46,47)30-6-4-29(5-7-30)55-34-31(37)25-28(26-32(34)38)24-27(2)35(45)43-36(39)40/h4-7,26-28,44H,3,8-25H2,1-2H3,(H,43,46)(H4,41,42,45,47);24,28-32,34,42H,3-23,25-26H2,1-2H3,(H,41,44)(H4,39,40,43,45)/b29-26+;27-24+. The molecule has 0 radical (unpaired) electrons. The van der Waals surface area contributed by atoms with Crippen LogP contribution in [0.1, 0.15) is 84.6 Å². The molecule has 115 heavy (non-hydrogen) atoms. The fourth-order valence-corrected chi connectivity index (χ4v) is 13.0.